The fraction of sp³-hybridized carbons (Fsp3) is 0.111. The quantitative estimate of drug-likeness (QED) is 0.723. The van der Waals surface area contributed by atoms with Crippen molar-refractivity contribution in [2.75, 3.05) is 5.73 Å². The van der Waals surface area contributed by atoms with Gasteiger partial charge in [0.2, 0.25) is 0 Å². The van der Waals surface area contributed by atoms with E-state index in [0.29, 0.717) is 0 Å². The summed E-state index contributed by atoms with van der Waals surface area (Å²) in [4.78, 5) is 10.0. The number of aromatic nitrogens is 2. The summed E-state index contributed by atoms with van der Waals surface area (Å²) in [6.07, 6.45) is 0. The molecule has 0 atom stereocenters. The normalized spacial score (nSPS) is 11.3. The molecule has 0 saturated carbocycles. The Labute approximate surface area is 98.2 Å². The number of fused-ring (bicyclic) bond motifs is 1. The Bertz CT molecular complexity index is 619. The third kappa shape index (κ3) is 1.37. The Morgan fingerprint density at radius 1 is 1.33 bits per heavy atom. The molecule has 3 aromatic heterocycles. The van der Waals surface area contributed by atoms with E-state index in [9.17, 15) is 0 Å². The van der Waals surface area contributed by atoms with Crippen molar-refractivity contribution in [1.82, 2.24) is 9.97 Å². The summed E-state index contributed by atoms with van der Waals surface area (Å²) < 4.78 is 1.18. The van der Waals surface area contributed by atoms with Crippen LogP contribution in [-0.4, -0.2) is 9.97 Å². The number of thiazole rings is 2. The van der Waals surface area contributed by atoms with Crippen molar-refractivity contribution in [2.24, 2.45) is 0 Å². The number of rotatable bonds is 1. The van der Waals surface area contributed by atoms with Gasteiger partial charge in [-0.1, -0.05) is 0 Å². The monoisotopic (exact) mass is 253 g/mol. The van der Waals surface area contributed by atoms with Crippen LogP contribution in [0.3, 0.4) is 0 Å². The molecule has 3 heterocycles. The Morgan fingerprint density at radius 2 is 2.20 bits per heavy atom. The lowest BCUT2D eigenvalue weighted by molar-refractivity contribution is 1.35. The van der Waals surface area contributed by atoms with E-state index in [-0.39, 0.29) is 0 Å². The number of nitrogen functional groups attached to an aromatic ring is 1. The van der Waals surface area contributed by atoms with E-state index in [1.54, 1.807) is 34.0 Å². The van der Waals surface area contributed by atoms with E-state index in [4.69, 9.17) is 5.73 Å². The molecule has 0 saturated heterocycles. The molecule has 3 aromatic rings. The Hall–Kier alpha value is -0.980. The van der Waals surface area contributed by atoms with Crippen molar-refractivity contribution in [3.63, 3.8) is 0 Å². The van der Waals surface area contributed by atoms with Crippen molar-refractivity contribution in [1.29, 1.82) is 0 Å². The Balaban J connectivity index is 2.24. The zero-order chi connectivity index (χ0) is 10.4. The molecule has 6 heteroatoms. The van der Waals surface area contributed by atoms with Gasteiger partial charge in [-0.2, -0.15) is 0 Å². The smallest absolute Gasteiger partial charge is 0.145 e. The fourth-order valence-electron chi connectivity index (χ4n) is 1.35. The molecule has 0 aliphatic rings. The summed E-state index contributed by atoms with van der Waals surface area (Å²) in [5.74, 6) is 0. The Kier molecular flexibility index (Phi) is 2.01. The van der Waals surface area contributed by atoms with Crippen LogP contribution in [-0.2, 0) is 0 Å². The van der Waals surface area contributed by atoms with Crippen LogP contribution in [0.2, 0.25) is 0 Å². The highest BCUT2D eigenvalue weighted by atomic mass is 32.2. The topological polar surface area (TPSA) is 51.8 Å². The van der Waals surface area contributed by atoms with Crippen LogP contribution in [0.1, 0.15) is 4.88 Å². The predicted molar refractivity (Wildman–Crippen MR) is 67.8 cm³/mol. The van der Waals surface area contributed by atoms with Crippen molar-refractivity contribution in [3.05, 3.63) is 15.8 Å². The molecule has 0 bridgehead atoms. The van der Waals surface area contributed by atoms with Gasteiger partial charge in [-0.25, -0.2) is 9.97 Å². The molecule has 0 radical (unpaired) electrons. The van der Waals surface area contributed by atoms with E-state index in [2.05, 4.69) is 16.9 Å². The molecular weight excluding hydrogens is 246 g/mol. The van der Waals surface area contributed by atoms with Crippen LogP contribution < -0.4 is 5.73 Å². The lowest BCUT2D eigenvalue weighted by Gasteiger charge is -1.89. The van der Waals surface area contributed by atoms with E-state index in [1.165, 1.54) is 8.89 Å². The number of thiophene rings is 1. The number of nitrogens with two attached hydrogens (primary N) is 1. The first-order valence-electron chi connectivity index (χ1n) is 4.29. The molecule has 15 heavy (non-hydrogen) atoms. The summed E-state index contributed by atoms with van der Waals surface area (Å²) in [5.41, 5.74) is 10.4. The maximum Gasteiger partial charge on any atom is 0.145 e. The zero-order valence-corrected chi connectivity index (χ0v) is 10.3. The molecule has 0 unspecified atom stereocenters. The Morgan fingerprint density at radius 3 is 2.87 bits per heavy atom. The second-order valence-electron chi connectivity index (χ2n) is 3.10. The van der Waals surface area contributed by atoms with Crippen LogP contribution >= 0.6 is 34.0 Å². The van der Waals surface area contributed by atoms with Crippen molar-refractivity contribution in [3.8, 4) is 10.7 Å². The van der Waals surface area contributed by atoms with Crippen LogP contribution in [0.5, 0.6) is 0 Å². The lowest BCUT2D eigenvalue weighted by Crippen LogP contribution is -1.82. The van der Waals surface area contributed by atoms with Gasteiger partial charge >= 0.3 is 0 Å². The van der Waals surface area contributed by atoms with Crippen molar-refractivity contribution < 1.29 is 0 Å². The van der Waals surface area contributed by atoms with Crippen LogP contribution in [0.15, 0.2) is 10.9 Å². The van der Waals surface area contributed by atoms with Crippen LogP contribution in [0.25, 0.3) is 20.2 Å². The third-order valence-electron chi connectivity index (χ3n) is 2.11. The number of hydrogen-bond donors (Lipinski definition) is 1. The molecule has 2 N–H and O–H groups in total. The highest BCUT2D eigenvalue weighted by Crippen LogP contribution is 2.37. The van der Waals surface area contributed by atoms with Gasteiger partial charge in [0.25, 0.3) is 0 Å². The minimum atomic E-state index is 0.769. The number of nitrogens with zero attached hydrogens (tertiary/aromatic N) is 2. The fourth-order valence-corrected chi connectivity index (χ4v) is 4.06. The van der Waals surface area contributed by atoms with Gasteiger partial charge < -0.3 is 5.73 Å². The highest BCUT2D eigenvalue weighted by molar-refractivity contribution is 7.39. The molecule has 0 spiro atoms. The van der Waals surface area contributed by atoms with E-state index in [1.807, 2.05) is 10.9 Å². The molecule has 0 aliphatic carbocycles. The predicted octanol–water partition coefficient (Wildman–Crippen LogP) is 3.37. The maximum absolute atomic E-state index is 5.82. The second kappa shape index (κ2) is 3.26. The largest absolute Gasteiger partial charge is 0.396 e. The number of anilines is 1. The zero-order valence-electron chi connectivity index (χ0n) is 7.85. The molecule has 0 aromatic carbocycles. The van der Waals surface area contributed by atoms with Gasteiger partial charge in [-0.3, -0.25) is 0 Å². The number of aryl methyl sites for hydroxylation is 1. The summed E-state index contributed by atoms with van der Waals surface area (Å²) in [6, 6.07) is 0. The van der Waals surface area contributed by atoms with Crippen LogP contribution in [0, 0.1) is 6.92 Å². The van der Waals surface area contributed by atoms with Gasteiger partial charge in [-0.15, -0.1) is 34.0 Å². The third-order valence-corrected chi connectivity index (χ3v) is 5.04. The standard InChI is InChI=1S/C9H7N3S3/c1-4-6(11-3-14-4)8-12-7-5(10)2-13-9(7)15-8/h2-3H,10H2,1H3. The molecular formula is C9H7N3S3. The van der Waals surface area contributed by atoms with E-state index in [0.717, 1.165) is 21.9 Å². The van der Waals surface area contributed by atoms with Crippen molar-refractivity contribution >= 4 is 49.2 Å². The first-order valence-corrected chi connectivity index (χ1v) is 6.87. The molecule has 3 rings (SSSR count). The maximum atomic E-state index is 5.82. The lowest BCUT2D eigenvalue weighted by atomic mass is 10.4. The summed E-state index contributed by atoms with van der Waals surface area (Å²) >= 11 is 4.95. The van der Waals surface area contributed by atoms with Crippen molar-refractivity contribution in [2.45, 2.75) is 6.92 Å². The van der Waals surface area contributed by atoms with Gasteiger partial charge in [0.1, 0.15) is 20.2 Å². The molecule has 0 aliphatic heterocycles. The molecule has 0 fully saturated rings. The average Bonchev–Trinajstić information content (AvgIpc) is 2.84. The summed E-state index contributed by atoms with van der Waals surface area (Å²) in [6.45, 7) is 2.06. The minimum absolute atomic E-state index is 0.769. The van der Waals surface area contributed by atoms with Gasteiger partial charge in [-0.05, 0) is 6.92 Å². The summed E-state index contributed by atoms with van der Waals surface area (Å²) in [7, 11) is 0. The highest BCUT2D eigenvalue weighted by Gasteiger charge is 2.13. The molecule has 76 valence electrons. The van der Waals surface area contributed by atoms with Crippen LogP contribution in [0.4, 0.5) is 5.69 Å². The van der Waals surface area contributed by atoms with Gasteiger partial charge in [0.05, 0.1) is 11.2 Å². The first kappa shape index (κ1) is 9.26. The number of hydrogen-bond acceptors (Lipinski definition) is 6. The minimum Gasteiger partial charge on any atom is -0.396 e. The first-order chi connectivity index (χ1) is 7.25. The van der Waals surface area contributed by atoms with E-state index < -0.39 is 0 Å². The average molecular weight is 253 g/mol. The SMILES string of the molecule is Cc1scnc1-c1nc2c(N)csc2s1. The second-order valence-corrected chi connectivity index (χ2v) is 6.30. The molecule has 3 nitrogen and oxygen atoms in total. The van der Waals surface area contributed by atoms with Gasteiger partial charge in [0, 0.05) is 10.3 Å². The molecule has 0 amide bonds. The van der Waals surface area contributed by atoms with Gasteiger partial charge in [0.15, 0.2) is 0 Å². The summed E-state index contributed by atoms with van der Waals surface area (Å²) in [5, 5.41) is 2.91. The van der Waals surface area contributed by atoms with E-state index >= 15 is 0 Å².